The van der Waals surface area contributed by atoms with Gasteiger partial charge in [-0.15, -0.1) is 0 Å². The summed E-state index contributed by atoms with van der Waals surface area (Å²) in [6.07, 6.45) is -0.123. The van der Waals surface area contributed by atoms with Gasteiger partial charge in [0.1, 0.15) is 0 Å². The van der Waals surface area contributed by atoms with Gasteiger partial charge in [-0.25, -0.2) is 0 Å². The van der Waals surface area contributed by atoms with E-state index < -0.39 is 6.10 Å². The highest BCUT2D eigenvalue weighted by Crippen LogP contribution is 2.26. The molecule has 104 valence electrons. The number of aliphatic hydroxyl groups is 1. The number of hydrogen-bond donors (Lipinski definition) is 1. The van der Waals surface area contributed by atoms with E-state index in [2.05, 4.69) is 27.1 Å². The van der Waals surface area contributed by atoms with Crippen LogP contribution in [0.4, 0.5) is 0 Å². The Morgan fingerprint density at radius 2 is 2.05 bits per heavy atom. The number of aromatic nitrogens is 2. The molecular formula is C15H16BrN3O. The zero-order valence-electron chi connectivity index (χ0n) is 11.5. The lowest BCUT2D eigenvalue weighted by atomic mass is 10.0. The van der Waals surface area contributed by atoms with Gasteiger partial charge in [0.05, 0.1) is 33.6 Å². The molecule has 0 spiro atoms. The predicted molar refractivity (Wildman–Crippen MR) is 80.2 cm³/mol. The van der Waals surface area contributed by atoms with Crippen molar-refractivity contribution in [2.24, 2.45) is 0 Å². The van der Waals surface area contributed by atoms with Crippen molar-refractivity contribution in [3.8, 4) is 6.07 Å². The summed E-state index contributed by atoms with van der Waals surface area (Å²) in [5.74, 6) is 0. The van der Waals surface area contributed by atoms with Gasteiger partial charge in [-0.1, -0.05) is 12.1 Å². The molecule has 1 atom stereocenters. The Labute approximate surface area is 126 Å². The normalized spacial score (nSPS) is 12.2. The zero-order valence-corrected chi connectivity index (χ0v) is 13.1. The van der Waals surface area contributed by atoms with Crippen molar-refractivity contribution in [1.82, 2.24) is 9.78 Å². The Bertz CT molecular complexity index is 640. The van der Waals surface area contributed by atoms with Crippen LogP contribution in [-0.4, -0.2) is 14.9 Å². The molecule has 0 amide bonds. The van der Waals surface area contributed by atoms with Crippen LogP contribution in [0, 0.1) is 18.3 Å². The summed E-state index contributed by atoms with van der Waals surface area (Å²) in [6, 6.07) is 9.08. The van der Waals surface area contributed by atoms with Crippen LogP contribution < -0.4 is 0 Å². The molecular weight excluding hydrogens is 318 g/mol. The molecule has 1 N–H and O–H groups in total. The van der Waals surface area contributed by atoms with Gasteiger partial charge >= 0.3 is 0 Å². The first kappa shape index (κ1) is 14.8. The van der Waals surface area contributed by atoms with Crippen LogP contribution in [0.2, 0.25) is 0 Å². The van der Waals surface area contributed by atoms with Crippen LogP contribution in [-0.2, 0) is 13.0 Å². The van der Waals surface area contributed by atoms with Crippen LogP contribution in [0.5, 0.6) is 0 Å². The average molecular weight is 334 g/mol. The lowest BCUT2D eigenvalue weighted by Crippen LogP contribution is -2.09. The maximum absolute atomic E-state index is 10.3. The Morgan fingerprint density at radius 1 is 1.40 bits per heavy atom. The second kappa shape index (κ2) is 6.21. The van der Waals surface area contributed by atoms with Gasteiger partial charge in [0, 0.05) is 13.0 Å². The lowest BCUT2D eigenvalue weighted by molar-refractivity contribution is 0.175. The van der Waals surface area contributed by atoms with E-state index in [1.165, 1.54) is 0 Å². The lowest BCUT2D eigenvalue weighted by Gasteiger charge is -2.12. The highest BCUT2D eigenvalue weighted by Gasteiger charge is 2.17. The number of aryl methyl sites for hydroxylation is 2. The molecule has 0 aliphatic rings. The third-order valence-corrected chi connectivity index (χ3v) is 4.30. The third-order valence-electron chi connectivity index (χ3n) is 3.26. The monoisotopic (exact) mass is 333 g/mol. The van der Waals surface area contributed by atoms with Crippen LogP contribution in [0.3, 0.4) is 0 Å². The second-order valence-corrected chi connectivity index (χ2v) is 5.41. The molecule has 4 nitrogen and oxygen atoms in total. The molecule has 2 rings (SSSR count). The number of halogens is 1. The first-order valence-electron chi connectivity index (χ1n) is 6.46. The molecule has 0 fully saturated rings. The molecule has 0 saturated heterocycles. The fourth-order valence-corrected chi connectivity index (χ4v) is 2.59. The Hall–Kier alpha value is -1.64. The number of nitrogens with zero attached hydrogens (tertiary/aromatic N) is 3. The molecule has 1 aromatic heterocycles. The van der Waals surface area contributed by atoms with Gasteiger partial charge in [0.25, 0.3) is 0 Å². The van der Waals surface area contributed by atoms with Gasteiger partial charge in [-0.2, -0.15) is 10.4 Å². The topological polar surface area (TPSA) is 61.8 Å². The Morgan fingerprint density at radius 3 is 2.60 bits per heavy atom. The number of rotatable bonds is 4. The standard InChI is InChI=1S/C15H16BrN3O/c1-3-19-13(15(16)10(2)18-19)8-14(20)12-6-4-11(9-17)5-7-12/h4-7,14,20H,3,8H2,1-2H3. The van der Waals surface area contributed by atoms with Gasteiger partial charge in [-0.3, -0.25) is 4.68 Å². The molecule has 0 aliphatic heterocycles. The van der Waals surface area contributed by atoms with Crippen molar-refractivity contribution < 1.29 is 5.11 Å². The number of benzene rings is 1. The van der Waals surface area contributed by atoms with Crippen LogP contribution in [0.15, 0.2) is 28.7 Å². The minimum atomic E-state index is -0.611. The number of nitriles is 1. The summed E-state index contributed by atoms with van der Waals surface area (Å²) < 4.78 is 2.85. The molecule has 0 radical (unpaired) electrons. The summed E-state index contributed by atoms with van der Waals surface area (Å²) in [5.41, 5.74) is 3.31. The smallest absolute Gasteiger partial charge is 0.0991 e. The highest BCUT2D eigenvalue weighted by atomic mass is 79.9. The molecule has 20 heavy (non-hydrogen) atoms. The zero-order chi connectivity index (χ0) is 14.7. The summed E-state index contributed by atoms with van der Waals surface area (Å²) in [5, 5.41) is 23.5. The molecule has 0 bridgehead atoms. The molecule has 1 aromatic carbocycles. The van der Waals surface area contributed by atoms with Gasteiger partial charge < -0.3 is 5.11 Å². The van der Waals surface area contributed by atoms with E-state index in [1.807, 2.05) is 18.5 Å². The largest absolute Gasteiger partial charge is 0.388 e. The minimum absolute atomic E-state index is 0.487. The maximum atomic E-state index is 10.3. The number of hydrogen-bond acceptors (Lipinski definition) is 3. The molecule has 0 saturated carbocycles. The van der Waals surface area contributed by atoms with E-state index in [9.17, 15) is 5.11 Å². The van der Waals surface area contributed by atoms with Gasteiger partial charge in [0.2, 0.25) is 0 Å². The van der Waals surface area contributed by atoms with Gasteiger partial charge in [-0.05, 0) is 47.5 Å². The quantitative estimate of drug-likeness (QED) is 0.934. The Balaban J connectivity index is 2.23. The van der Waals surface area contributed by atoms with E-state index in [0.29, 0.717) is 12.0 Å². The first-order chi connectivity index (χ1) is 9.56. The van der Waals surface area contributed by atoms with Crippen LogP contribution in [0.25, 0.3) is 0 Å². The summed E-state index contributed by atoms with van der Waals surface area (Å²) >= 11 is 3.53. The molecule has 2 aromatic rings. The SMILES string of the molecule is CCn1nc(C)c(Br)c1CC(O)c1ccc(C#N)cc1. The van der Waals surface area contributed by atoms with Crippen LogP contribution in [0.1, 0.15) is 35.5 Å². The average Bonchev–Trinajstić information content (AvgIpc) is 2.75. The molecule has 5 heteroatoms. The molecule has 0 aliphatic carbocycles. The number of aliphatic hydroxyl groups excluding tert-OH is 1. The van der Waals surface area contributed by atoms with Crippen molar-refractivity contribution >= 4 is 15.9 Å². The Kier molecular flexibility index (Phi) is 4.58. The highest BCUT2D eigenvalue weighted by molar-refractivity contribution is 9.10. The fourth-order valence-electron chi connectivity index (χ4n) is 2.14. The first-order valence-corrected chi connectivity index (χ1v) is 7.26. The van der Waals surface area contributed by atoms with E-state index in [1.54, 1.807) is 24.3 Å². The summed E-state index contributed by atoms with van der Waals surface area (Å²) in [6.45, 7) is 4.73. The minimum Gasteiger partial charge on any atom is -0.388 e. The van der Waals surface area contributed by atoms with Crippen molar-refractivity contribution in [1.29, 1.82) is 5.26 Å². The third kappa shape index (κ3) is 2.92. The van der Waals surface area contributed by atoms with Crippen molar-refractivity contribution in [2.45, 2.75) is 32.9 Å². The summed E-state index contributed by atoms with van der Waals surface area (Å²) in [7, 11) is 0. The van der Waals surface area contributed by atoms with E-state index in [-0.39, 0.29) is 0 Å². The molecule has 1 unspecified atom stereocenters. The summed E-state index contributed by atoms with van der Waals surface area (Å²) in [4.78, 5) is 0. The predicted octanol–water partition coefficient (Wildman–Crippen LogP) is 3.12. The van der Waals surface area contributed by atoms with E-state index >= 15 is 0 Å². The van der Waals surface area contributed by atoms with E-state index in [0.717, 1.165) is 28.0 Å². The maximum Gasteiger partial charge on any atom is 0.0991 e. The van der Waals surface area contributed by atoms with Crippen molar-refractivity contribution in [3.63, 3.8) is 0 Å². The van der Waals surface area contributed by atoms with Crippen molar-refractivity contribution in [2.75, 3.05) is 0 Å². The van der Waals surface area contributed by atoms with Crippen molar-refractivity contribution in [3.05, 3.63) is 51.3 Å². The fraction of sp³-hybridized carbons (Fsp3) is 0.333. The second-order valence-electron chi connectivity index (χ2n) is 4.62. The van der Waals surface area contributed by atoms with E-state index in [4.69, 9.17) is 5.26 Å². The van der Waals surface area contributed by atoms with Crippen LogP contribution >= 0.6 is 15.9 Å². The molecule has 1 heterocycles. The van der Waals surface area contributed by atoms with Gasteiger partial charge in [0.15, 0.2) is 0 Å².